The average Bonchev–Trinajstić information content (AvgIpc) is 2.34. The van der Waals surface area contributed by atoms with Gasteiger partial charge in [0.15, 0.2) is 0 Å². The van der Waals surface area contributed by atoms with Crippen molar-refractivity contribution < 1.29 is 39.4 Å². The molecule has 0 saturated heterocycles. The lowest BCUT2D eigenvalue weighted by Gasteiger charge is -2.08. The predicted molar refractivity (Wildman–Crippen MR) is 58.1 cm³/mol. The van der Waals surface area contributed by atoms with Crippen molar-refractivity contribution in [3.05, 3.63) is 0 Å². The maximum Gasteiger partial charge on any atom is 0.508 e. The van der Waals surface area contributed by atoms with E-state index in [4.69, 9.17) is 21.3 Å². The van der Waals surface area contributed by atoms with Gasteiger partial charge >= 0.3 is 12.1 Å². The third-order valence-electron chi connectivity index (χ3n) is 1.91. The Balaban J connectivity index is 3.36. The van der Waals surface area contributed by atoms with Crippen LogP contribution in [0, 0.1) is 0 Å². The van der Waals surface area contributed by atoms with Crippen molar-refractivity contribution in [3.8, 4) is 0 Å². The minimum Gasteiger partial charge on any atom is -0.480 e. The molecular weight excluding hydrogens is 264 g/mol. The van der Waals surface area contributed by atoms with E-state index in [9.17, 15) is 9.59 Å². The highest BCUT2D eigenvalue weighted by Gasteiger charge is 2.14. The first-order valence-electron chi connectivity index (χ1n) is 5.52. The molecule has 1 unspecified atom stereocenters. The van der Waals surface area contributed by atoms with Gasteiger partial charge in [-0.1, -0.05) is 0 Å². The number of ether oxygens (including phenoxy) is 2. The van der Waals surface area contributed by atoms with Gasteiger partial charge in [-0.3, -0.25) is 20.0 Å². The van der Waals surface area contributed by atoms with Crippen LogP contribution in [0.25, 0.3) is 0 Å². The molecule has 5 N–H and O–H groups in total. The van der Waals surface area contributed by atoms with Crippen LogP contribution in [-0.4, -0.2) is 58.9 Å². The van der Waals surface area contributed by atoms with Gasteiger partial charge in [-0.2, -0.15) is 0 Å². The largest absolute Gasteiger partial charge is 0.508 e. The first-order valence-corrected chi connectivity index (χ1v) is 5.52. The van der Waals surface area contributed by atoms with Gasteiger partial charge in [-0.25, -0.2) is 4.79 Å². The Labute approximate surface area is 109 Å². The molecule has 0 aliphatic heterocycles. The Kier molecular flexibility index (Phi) is 9.66. The number of carboxylic acid groups (broad SMARTS) is 1. The first-order chi connectivity index (χ1) is 8.93. The van der Waals surface area contributed by atoms with Crippen LogP contribution in [0.4, 0.5) is 4.79 Å². The monoisotopic (exact) mass is 282 g/mol. The van der Waals surface area contributed by atoms with E-state index in [1.165, 1.54) is 0 Å². The van der Waals surface area contributed by atoms with Crippen LogP contribution >= 0.6 is 0 Å². The lowest BCUT2D eigenvalue weighted by Crippen LogP contribution is -2.35. The summed E-state index contributed by atoms with van der Waals surface area (Å²) >= 11 is 0. The number of carbonyl (C=O) groups is 2. The number of hydrogen-bond acceptors (Lipinski definition) is 9. The highest BCUT2D eigenvalue weighted by atomic mass is 17.1. The molecule has 0 aliphatic rings. The number of nitrogens with two attached hydrogens (primary N) is 1. The van der Waals surface area contributed by atoms with Gasteiger partial charge in [0.2, 0.25) is 0 Å². The number of carboxylic acids is 1. The minimum atomic E-state index is -1.27. The third-order valence-corrected chi connectivity index (χ3v) is 1.91. The van der Waals surface area contributed by atoms with Crippen LogP contribution in [0.1, 0.15) is 19.3 Å². The van der Waals surface area contributed by atoms with Gasteiger partial charge < -0.3 is 20.3 Å². The molecule has 0 amide bonds. The molecule has 10 nitrogen and oxygen atoms in total. The van der Waals surface area contributed by atoms with Crippen molar-refractivity contribution in [1.29, 1.82) is 0 Å². The molecule has 0 aliphatic carbocycles. The smallest absolute Gasteiger partial charge is 0.480 e. The SMILES string of the molecule is NC(COC(=O)OCCCCCON(O)O)C(=O)O. The minimum absolute atomic E-state index is 0.100. The fraction of sp³-hybridized carbons (Fsp3) is 0.778. The highest BCUT2D eigenvalue weighted by Crippen LogP contribution is 1.98. The topological polar surface area (TPSA) is 152 Å². The number of unbranched alkanes of at least 4 members (excludes halogenated alkanes) is 2. The first kappa shape index (κ1) is 17.5. The van der Waals surface area contributed by atoms with Crippen LogP contribution in [0.15, 0.2) is 0 Å². The number of nitrogens with zero attached hydrogens (tertiary/aromatic N) is 1. The number of carbonyl (C=O) groups excluding carboxylic acids is 1. The lowest BCUT2D eigenvalue weighted by molar-refractivity contribution is -0.492. The fourth-order valence-corrected chi connectivity index (χ4v) is 0.953. The van der Waals surface area contributed by atoms with Gasteiger partial charge in [0.25, 0.3) is 0 Å². The van der Waals surface area contributed by atoms with Gasteiger partial charge in [-0.05, 0) is 19.3 Å². The molecule has 0 bridgehead atoms. The molecule has 0 radical (unpaired) electrons. The van der Waals surface area contributed by atoms with E-state index in [1.54, 1.807) is 0 Å². The zero-order valence-corrected chi connectivity index (χ0v) is 10.2. The van der Waals surface area contributed by atoms with Crippen molar-refractivity contribution in [1.82, 2.24) is 5.39 Å². The van der Waals surface area contributed by atoms with Crippen molar-refractivity contribution in [2.75, 3.05) is 19.8 Å². The maximum absolute atomic E-state index is 11.0. The van der Waals surface area contributed by atoms with E-state index in [1.807, 2.05) is 0 Å². The van der Waals surface area contributed by atoms with E-state index in [-0.39, 0.29) is 18.6 Å². The van der Waals surface area contributed by atoms with E-state index in [0.717, 1.165) is 0 Å². The molecule has 0 saturated carbocycles. The summed E-state index contributed by atoms with van der Waals surface area (Å²) < 4.78 is 9.10. The quantitative estimate of drug-likeness (QED) is 0.239. The Morgan fingerprint density at radius 1 is 1.11 bits per heavy atom. The maximum atomic E-state index is 11.0. The Bertz CT molecular complexity index is 273. The third kappa shape index (κ3) is 11.4. The van der Waals surface area contributed by atoms with Crippen molar-refractivity contribution >= 4 is 12.1 Å². The summed E-state index contributed by atoms with van der Waals surface area (Å²) in [6.07, 6.45) is 0.723. The molecule has 0 aromatic carbocycles. The molecule has 19 heavy (non-hydrogen) atoms. The number of rotatable bonds is 10. The summed E-state index contributed by atoms with van der Waals surface area (Å²) in [5.74, 6) is -1.27. The zero-order valence-electron chi connectivity index (χ0n) is 10.2. The van der Waals surface area contributed by atoms with Crippen LogP contribution in [0.2, 0.25) is 0 Å². The van der Waals surface area contributed by atoms with E-state index in [2.05, 4.69) is 14.3 Å². The Hall–Kier alpha value is -1.46. The standard InChI is InChI=1S/C9H18N2O8/c10-7(8(12)13)6-18-9(14)17-4-2-1-3-5-19-11(15)16/h7,15-16H,1-6,10H2,(H,12,13). The van der Waals surface area contributed by atoms with E-state index >= 15 is 0 Å². The highest BCUT2D eigenvalue weighted by molar-refractivity contribution is 5.73. The lowest BCUT2D eigenvalue weighted by atomic mass is 10.2. The van der Waals surface area contributed by atoms with Crippen molar-refractivity contribution in [3.63, 3.8) is 0 Å². The van der Waals surface area contributed by atoms with Crippen molar-refractivity contribution in [2.24, 2.45) is 5.73 Å². The Morgan fingerprint density at radius 3 is 2.32 bits per heavy atom. The number of aliphatic carboxylic acids is 1. The summed E-state index contributed by atoms with van der Waals surface area (Å²) in [6, 6.07) is -1.27. The predicted octanol–water partition coefficient (Wildman–Crippen LogP) is -0.266. The molecule has 10 heteroatoms. The van der Waals surface area contributed by atoms with E-state index in [0.29, 0.717) is 19.3 Å². The molecular formula is C9H18N2O8. The summed E-state index contributed by atoms with van der Waals surface area (Å²) in [5.41, 5.74) is 5.11. The number of hydrogen-bond donors (Lipinski definition) is 4. The zero-order chi connectivity index (χ0) is 14.7. The second kappa shape index (κ2) is 10.5. The molecule has 0 aromatic rings. The Morgan fingerprint density at radius 2 is 1.74 bits per heavy atom. The molecule has 0 fully saturated rings. The van der Waals surface area contributed by atoms with Crippen LogP contribution in [-0.2, 0) is 19.1 Å². The van der Waals surface area contributed by atoms with Crippen LogP contribution < -0.4 is 5.73 Å². The molecule has 112 valence electrons. The van der Waals surface area contributed by atoms with Gasteiger partial charge in [0.1, 0.15) is 12.6 Å². The van der Waals surface area contributed by atoms with Crippen LogP contribution in [0.5, 0.6) is 0 Å². The molecule has 1 atom stereocenters. The van der Waals surface area contributed by atoms with Gasteiger partial charge in [0.05, 0.1) is 18.6 Å². The van der Waals surface area contributed by atoms with Gasteiger partial charge in [0, 0.05) is 0 Å². The normalized spacial score (nSPS) is 12.2. The fourth-order valence-electron chi connectivity index (χ4n) is 0.953. The van der Waals surface area contributed by atoms with E-state index < -0.39 is 24.8 Å². The molecule has 0 rings (SSSR count). The molecule has 0 spiro atoms. The van der Waals surface area contributed by atoms with Gasteiger partial charge in [-0.15, -0.1) is 0 Å². The molecule has 0 aromatic heterocycles. The van der Waals surface area contributed by atoms with Crippen molar-refractivity contribution in [2.45, 2.75) is 25.3 Å². The summed E-state index contributed by atoms with van der Waals surface area (Å²) in [7, 11) is 0. The second-order valence-corrected chi connectivity index (χ2v) is 3.50. The summed E-state index contributed by atoms with van der Waals surface area (Å²) in [4.78, 5) is 25.6. The summed E-state index contributed by atoms with van der Waals surface area (Å²) in [5, 5.41) is 24.4. The summed E-state index contributed by atoms with van der Waals surface area (Å²) in [6.45, 7) is -0.237. The average molecular weight is 282 g/mol. The second-order valence-electron chi connectivity index (χ2n) is 3.50. The molecule has 0 heterocycles. The van der Waals surface area contributed by atoms with Crippen LogP contribution in [0.3, 0.4) is 0 Å².